The van der Waals surface area contributed by atoms with Crippen molar-refractivity contribution in [2.45, 2.75) is 52.6 Å². The minimum absolute atomic E-state index is 0.259. The fourth-order valence-corrected chi connectivity index (χ4v) is 3.38. The minimum atomic E-state index is -0.467. The maximum atomic E-state index is 10.1. The molecule has 0 aromatic heterocycles. The van der Waals surface area contributed by atoms with Gasteiger partial charge in [0.1, 0.15) is 0 Å². The van der Waals surface area contributed by atoms with Crippen LogP contribution in [0.2, 0.25) is 0 Å². The highest BCUT2D eigenvalue weighted by Crippen LogP contribution is 2.40. The Balaban J connectivity index is 2.21. The van der Waals surface area contributed by atoms with Crippen molar-refractivity contribution in [1.29, 1.82) is 0 Å². The highest BCUT2D eigenvalue weighted by Gasteiger charge is 2.26. The molecule has 0 saturated heterocycles. The fraction of sp³-hybridized carbons (Fsp3) is 0.500. The monoisotopic (exact) mass is 299 g/mol. The molecule has 0 aliphatic heterocycles. The molecule has 1 atom stereocenters. The molecule has 0 amide bonds. The molecule has 2 nitrogen and oxygen atoms in total. The van der Waals surface area contributed by atoms with Gasteiger partial charge in [0.2, 0.25) is 0 Å². The maximum absolute atomic E-state index is 10.1. The van der Waals surface area contributed by atoms with Gasteiger partial charge in [0.25, 0.3) is 0 Å². The van der Waals surface area contributed by atoms with Crippen molar-refractivity contribution in [3.05, 3.63) is 52.6 Å². The van der Waals surface area contributed by atoms with Gasteiger partial charge in [0.15, 0.2) is 0 Å². The molecular formula is C20H29NO. The quantitative estimate of drug-likeness (QED) is 0.834. The van der Waals surface area contributed by atoms with Crippen LogP contribution in [-0.2, 0) is 0 Å². The number of rotatable bonds is 5. The molecule has 1 aliphatic rings. The lowest BCUT2D eigenvalue weighted by Crippen LogP contribution is -2.18. The Morgan fingerprint density at radius 3 is 2.77 bits per heavy atom. The Labute approximate surface area is 134 Å². The number of benzene rings is 1. The van der Waals surface area contributed by atoms with Gasteiger partial charge in [-0.2, -0.15) is 0 Å². The number of hydrogen-bond acceptors (Lipinski definition) is 2. The first-order valence-electron chi connectivity index (χ1n) is 8.30. The standard InChI is InChI=1S/C20H29NO/c1-15-6-5-12-20(2,3)18(15)10-9-16-7-4-8-17(14-16)19(22)11-13-21/h4,7-10,14,19,22H,5-6,11-13,21H2,1-3H3/b10-9+/t19-/m0/s1. The number of nitrogens with two attached hydrogens (primary N) is 1. The van der Waals surface area contributed by atoms with E-state index in [9.17, 15) is 5.11 Å². The Kier molecular flexibility index (Phi) is 5.60. The van der Waals surface area contributed by atoms with E-state index in [-0.39, 0.29) is 5.41 Å². The first-order valence-corrected chi connectivity index (χ1v) is 8.30. The second-order valence-electron chi connectivity index (χ2n) is 7.03. The number of hydrogen-bond donors (Lipinski definition) is 2. The predicted octanol–water partition coefficient (Wildman–Crippen LogP) is 4.61. The van der Waals surface area contributed by atoms with Crippen molar-refractivity contribution in [1.82, 2.24) is 0 Å². The van der Waals surface area contributed by atoms with Gasteiger partial charge in [-0.05, 0) is 67.3 Å². The van der Waals surface area contributed by atoms with Crippen molar-refractivity contribution in [3.63, 3.8) is 0 Å². The Bertz CT molecular complexity index is 569. The molecule has 0 saturated carbocycles. The fourth-order valence-electron chi connectivity index (χ4n) is 3.38. The third-order valence-corrected chi connectivity index (χ3v) is 4.72. The van der Waals surface area contributed by atoms with Gasteiger partial charge in [0.05, 0.1) is 6.10 Å². The zero-order valence-corrected chi connectivity index (χ0v) is 14.1. The summed E-state index contributed by atoms with van der Waals surface area (Å²) in [4.78, 5) is 0. The highest BCUT2D eigenvalue weighted by molar-refractivity contribution is 5.55. The molecule has 1 aromatic carbocycles. The van der Waals surface area contributed by atoms with Crippen molar-refractivity contribution in [2.24, 2.45) is 11.1 Å². The molecule has 0 heterocycles. The number of allylic oxidation sites excluding steroid dienone is 3. The van der Waals surface area contributed by atoms with Crippen LogP contribution in [0.1, 0.15) is 63.7 Å². The van der Waals surface area contributed by atoms with E-state index in [1.54, 1.807) is 0 Å². The molecule has 1 aliphatic carbocycles. The Morgan fingerprint density at radius 2 is 2.09 bits per heavy atom. The molecule has 1 aromatic rings. The third-order valence-electron chi connectivity index (χ3n) is 4.72. The van der Waals surface area contributed by atoms with E-state index in [4.69, 9.17) is 5.73 Å². The molecule has 0 spiro atoms. The summed E-state index contributed by atoms with van der Waals surface area (Å²) in [5.74, 6) is 0. The third kappa shape index (κ3) is 4.08. The molecule has 3 N–H and O–H groups in total. The van der Waals surface area contributed by atoms with Crippen LogP contribution >= 0.6 is 0 Å². The lowest BCUT2D eigenvalue weighted by atomic mass is 9.72. The van der Waals surface area contributed by atoms with Crippen LogP contribution in [0.15, 0.2) is 41.5 Å². The van der Waals surface area contributed by atoms with Gasteiger partial charge < -0.3 is 10.8 Å². The van der Waals surface area contributed by atoms with Crippen molar-refractivity contribution >= 4 is 6.08 Å². The summed E-state index contributed by atoms with van der Waals surface area (Å²) in [5, 5.41) is 10.1. The SMILES string of the molecule is CC1=C(/C=C/c2cccc([C@@H](O)CCN)c2)C(C)(C)CCC1. The first kappa shape index (κ1) is 17.0. The zero-order chi connectivity index (χ0) is 16.2. The molecule has 0 fully saturated rings. The van der Waals surface area contributed by atoms with Gasteiger partial charge in [-0.25, -0.2) is 0 Å². The van der Waals surface area contributed by atoms with E-state index >= 15 is 0 Å². The molecule has 22 heavy (non-hydrogen) atoms. The summed E-state index contributed by atoms with van der Waals surface area (Å²) < 4.78 is 0. The first-order chi connectivity index (χ1) is 10.4. The Morgan fingerprint density at radius 1 is 1.32 bits per heavy atom. The van der Waals surface area contributed by atoms with Gasteiger partial charge in [-0.15, -0.1) is 0 Å². The number of aliphatic hydroxyl groups is 1. The molecule has 120 valence electrons. The maximum Gasteiger partial charge on any atom is 0.0802 e. The van der Waals surface area contributed by atoms with Crippen LogP contribution in [0.5, 0.6) is 0 Å². The van der Waals surface area contributed by atoms with Gasteiger partial charge in [-0.1, -0.05) is 49.8 Å². The normalized spacial score (nSPS) is 19.7. The summed E-state index contributed by atoms with van der Waals surface area (Å²) in [6.45, 7) is 7.41. The van der Waals surface area contributed by atoms with Gasteiger partial charge in [-0.3, -0.25) is 0 Å². The highest BCUT2D eigenvalue weighted by atomic mass is 16.3. The summed E-state index contributed by atoms with van der Waals surface area (Å²) in [6.07, 6.45) is 8.32. The topological polar surface area (TPSA) is 46.2 Å². The molecule has 2 heteroatoms. The lowest BCUT2D eigenvalue weighted by Gasteiger charge is -2.32. The second kappa shape index (κ2) is 7.26. The smallest absolute Gasteiger partial charge is 0.0802 e. The van der Waals surface area contributed by atoms with E-state index < -0.39 is 6.10 Å². The number of aliphatic hydroxyl groups excluding tert-OH is 1. The predicted molar refractivity (Wildman–Crippen MR) is 94.4 cm³/mol. The Hall–Kier alpha value is -1.38. The average molecular weight is 299 g/mol. The molecule has 0 radical (unpaired) electrons. The van der Waals surface area contributed by atoms with Crippen LogP contribution in [-0.4, -0.2) is 11.7 Å². The van der Waals surface area contributed by atoms with Gasteiger partial charge >= 0.3 is 0 Å². The molecule has 0 unspecified atom stereocenters. The van der Waals surface area contributed by atoms with Crippen molar-refractivity contribution in [2.75, 3.05) is 6.54 Å². The zero-order valence-electron chi connectivity index (χ0n) is 14.1. The molecular weight excluding hydrogens is 270 g/mol. The van der Waals surface area contributed by atoms with Crippen LogP contribution in [0.25, 0.3) is 6.08 Å². The minimum Gasteiger partial charge on any atom is -0.388 e. The lowest BCUT2D eigenvalue weighted by molar-refractivity contribution is 0.170. The van der Waals surface area contributed by atoms with Crippen LogP contribution < -0.4 is 5.73 Å². The largest absolute Gasteiger partial charge is 0.388 e. The summed E-state index contributed by atoms with van der Waals surface area (Å²) >= 11 is 0. The van der Waals surface area contributed by atoms with E-state index in [2.05, 4.69) is 45.1 Å². The van der Waals surface area contributed by atoms with E-state index in [0.717, 1.165) is 11.1 Å². The summed E-state index contributed by atoms with van der Waals surface area (Å²) in [5.41, 5.74) is 10.8. The average Bonchev–Trinajstić information content (AvgIpc) is 2.46. The molecule has 0 bridgehead atoms. The second-order valence-corrected chi connectivity index (χ2v) is 7.03. The van der Waals surface area contributed by atoms with Crippen LogP contribution in [0.3, 0.4) is 0 Å². The van der Waals surface area contributed by atoms with Crippen LogP contribution in [0, 0.1) is 5.41 Å². The van der Waals surface area contributed by atoms with Gasteiger partial charge in [0, 0.05) is 0 Å². The summed E-state index contributed by atoms with van der Waals surface area (Å²) in [6, 6.07) is 8.11. The van der Waals surface area contributed by atoms with Crippen molar-refractivity contribution in [3.8, 4) is 0 Å². The van der Waals surface area contributed by atoms with Crippen molar-refractivity contribution < 1.29 is 5.11 Å². The van der Waals surface area contributed by atoms with E-state index in [0.29, 0.717) is 13.0 Å². The van der Waals surface area contributed by atoms with E-state index in [1.165, 1.54) is 30.4 Å². The summed E-state index contributed by atoms with van der Waals surface area (Å²) in [7, 11) is 0. The molecule has 2 rings (SSSR count). The van der Waals surface area contributed by atoms with Crippen LogP contribution in [0.4, 0.5) is 0 Å². The van der Waals surface area contributed by atoms with E-state index in [1.807, 2.05) is 12.1 Å².